The Balaban J connectivity index is 4.35. The summed E-state index contributed by atoms with van der Waals surface area (Å²) in [7, 11) is 0. The average Bonchev–Trinajstić information content (AvgIpc) is 2.25. The van der Waals surface area contributed by atoms with E-state index in [1.165, 1.54) is 0 Å². The zero-order valence-electron chi connectivity index (χ0n) is 10.5. The molecule has 0 aliphatic heterocycles. The van der Waals surface area contributed by atoms with Crippen molar-refractivity contribution in [1.82, 2.24) is 4.90 Å². The lowest BCUT2D eigenvalue weighted by atomic mass is 9.79. The fourth-order valence-electron chi connectivity index (χ4n) is 1.92. The van der Waals surface area contributed by atoms with E-state index in [1.807, 2.05) is 13.8 Å². The Morgan fingerprint density at radius 2 is 1.60 bits per heavy atom. The van der Waals surface area contributed by atoms with Gasteiger partial charge in [0, 0.05) is 0 Å². The summed E-state index contributed by atoms with van der Waals surface area (Å²) in [5.41, 5.74) is -0.511. The van der Waals surface area contributed by atoms with Gasteiger partial charge in [-0.05, 0) is 38.9 Å². The van der Waals surface area contributed by atoms with E-state index in [1.54, 1.807) is 0 Å². The van der Waals surface area contributed by atoms with Crippen LogP contribution in [0.1, 0.15) is 47.0 Å². The maximum atomic E-state index is 11.3. The highest BCUT2D eigenvalue weighted by Crippen LogP contribution is 2.31. The normalized spacial score (nSPS) is 12.1. The van der Waals surface area contributed by atoms with E-state index < -0.39 is 11.4 Å². The van der Waals surface area contributed by atoms with Crippen molar-refractivity contribution in [2.24, 2.45) is 5.41 Å². The monoisotopic (exact) mass is 215 g/mol. The van der Waals surface area contributed by atoms with Crippen LogP contribution < -0.4 is 0 Å². The molecule has 0 unspecified atom stereocenters. The second-order valence-electron chi connectivity index (χ2n) is 4.07. The molecule has 0 saturated carbocycles. The van der Waals surface area contributed by atoms with E-state index in [0.717, 1.165) is 38.9 Å². The van der Waals surface area contributed by atoms with Gasteiger partial charge in [-0.2, -0.15) is 0 Å². The van der Waals surface area contributed by atoms with Crippen molar-refractivity contribution in [3.63, 3.8) is 0 Å². The lowest BCUT2D eigenvalue weighted by Crippen LogP contribution is -2.35. The molecule has 15 heavy (non-hydrogen) atoms. The van der Waals surface area contributed by atoms with E-state index in [2.05, 4.69) is 18.7 Å². The van der Waals surface area contributed by atoms with E-state index in [9.17, 15) is 9.90 Å². The molecule has 3 heteroatoms. The summed E-state index contributed by atoms with van der Waals surface area (Å²) in [6.07, 6.45) is 2.21. The van der Waals surface area contributed by atoms with Gasteiger partial charge in [-0.15, -0.1) is 0 Å². The van der Waals surface area contributed by atoms with Gasteiger partial charge in [0.15, 0.2) is 0 Å². The standard InChI is InChI=1S/C12H25NO2/c1-5-12(6-2,11(14)15)9-10-13(7-3)8-4/h5-10H2,1-4H3,(H,14,15). The van der Waals surface area contributed by atoms with Crippen molar-refractivity contribution in [2.75, 3.05) is 19.6 Å². The van der Waals surface area contributed by atoms with Crippen LogP contribution in [0.4, 0.5) is 0 Å². The second kappa shape index (κ2) is 6.83. The van der Waals surface area contributed by atoms with E-state index >= 15 is 0 Å². The second-order valence-corrected chi connectivity index (χ2v) is 4.07. The van der Waals surface area contributed by atoms with Gasteiger partial charge in [0.1, 0.15) is 0 Å². The Morgan fingerprint density at radius 3 is 1.87 bits per heavy atom. The first-order chi connectivity index (χ1) is 7.06. The van der Waals surface area contributed by atoms with Gasteiger partial charge in [-0.1, -0.05) is 27.7 Å². The highest BCUT2D eigenvalue weighted by molar-refractivity contribution is 5.74. The summed E-state index contributed by atoms with van der Waals surface area (Å²) in [6.45, 7) is 11.1. The molecule has 0 aliphatic carbocycles. The number of aliphatic carboxylic acids is 1. The first-order valence-corrected chi connectivity index (χ1v) is 6.02. The van der Waals surface area contributed by atoms with Gasteiger partial charge in [0.05, 0.1) is 5.41 Å². The predicted molar refractivity (Wildman–Crippen MR) is 63.1 cm³/mol. The van der Waals surface area contributed by atoms with Crippen molar-refractivity contribution >= 4 is 5.97 Å². The molecular formula is C12H25NO2. The van der Waals surface area contributed by atoms with Crippen LogP contribution in [0.3, 0.4) is 0 Å². The summed E-state index contributed by atoms with van der Waals surface area (Å²) in [5, 5.41) is 9.26. The number of hydrogen-bond acceptors (Lipinski definition) is 2. The van der Waals surface area contributed by atoms with Crippen LogP contribution in [-0.4, -0.2) is 35.6 Å². The molecule has 90 valence electrons. The van der Waals surface area contributed by atoms with Gasteiger partial charge in [0.2, 0.25) is 0 Å². The molecule has 0 aromatic carbocycles. The third-order valence-electron chi connectivity index (χ3n) is 3.61. The molecule has 3 nitrogen and oxygen atoms in total. The molecule has 0 aromatic heterocycles. The molecule has 0 saturated heterocycles. The zero-order chi connectivity index (χ0) is 11.9. The third kappa shape index (κ3) is 3.82. The SMILES string of the molecule is CCN(CC)CCC(CC)(CC)C(=O)O. The van der Waals surface area contributed by atoms with Crippen molar-refractivity contribution in [2.45, 2.75) is 47.0 Å². The van der Waals surface area contributed by atoms with Gasteiger partial charge >= 0.3 is 5.97 Å². The fourth-order valence-corrected chi connectivity index (χ4v) is 1.92. The highest BCUT2D eigenvalue weighted by Gasteiger charge is 2.34. The first-order valence-electron chi connectivity index (χ1n) is 6.02. The molecule has 0 spiro atoms. The Kier molecular flexibility index (Phi) is 6.57. The van der Waals surface area contributed by atoms with Crippen molar-refractivity contribution < 1.29 is 9.90 Å². The topological polar surface area (TPSA) is 40.5 Å². The number of nitrogens with zero attached hydrogens (tertiary/aromatic N) is 1. The largest absolute Gasteiger partial charge is 0.481 e. The van der Waals surface area contributed by atoms with Crippen LogP contribution in [-0.2, 0) is 4.79 Å². The van der Waals surface area contributed by atoms with Crippen LogP contribution in [0.2, 0.25) is 0 Å². The number of carboxylic acid groups (broad SMARTS) is 1. The van der Waals surface area contributed by atoms with E-state index in [4.69, 9.17) is 0 Å². The quantitative estimate of drug-likeness (QED) is 0.676. The van der Waals surface area contributed by atoms with Gasteiger partial charge in [0.25, 0.3) is 0 Å². The molecule has 0 aliphatic rings. The molecular weight excluding hydrogens is 190 g/mol. The first kappa shape index (κ1) is 14.4. The molecule has 0 amide bonds. The lowest BCUT2D eigenvalue weighted by Gasteiger charge is -2.29. The Bertz CT molecular complexity index is 184. The Labute approximate surface area is 93.5 Å². The summed E-state index contributed by atoms with van der Waals surface area (Å²) in [4.78, 5) is 13.5. The fraction of sp³-hybridized carbons (Fsp3) is 0.917. The molecule has 0 aromatic rings. The predicted octanol–water partition coefficient (Wildman–Crippen LogP) is 2.61. The number of carboxylic acids is 1. The minimum absolute atomic E-state index is 0.511. The number of rotatable bonds is 8. The van der Waals surface area contributed by atoms with E-state index in [0.29, 0.717) is 0 Å². The van der Waals surface area contributed by atoms with E-state index in [-0.39, 0.29) is 0 Å². The number of hydrogen-bond donors (Lipinski definition) is 1. The Hall–Kier alpha value is -0.570. The molecule has 0 fully saturated rings. The molecule has 0 atom stereocenters. The van der Waals surface area contributed by atoms with Crippen molar-refractivity contribution in [3.8, 4) is 0 Å². The minimum atomic E-state index is -0.639. The van der Waals surface area contributed by atoms with Gasteiger partial charge < -0.3 is 10.0 Å². The maximum absolute atomic E-state index is 11.3. The van der Waals surface area contributed by atoms with Crippen LogP contribution in [0.5, 0.6) is 0 Å². The average molecular weight is 215 g/mol. The lowest BCUT2D eigenvalue weighted by molar-refractivity contribution is -0.150. The van der Waals surface area contributed by atoms with Crippen LogP contribution >= 0.6 is 0 Å². The molecule has 0 heterocycles. The van der Waals surface area contributed by atoms with Crippen molar-refractivity contribution in [1.29, 1.82) is 0 Å². The van der Waals surface area contributed by atoms with Crippen molar-refractivity contribution in [3.05, 3.63) is 0 Å². The van der Waals surface area contributed by atoms with Gasteiger partial charge in [-0.25, -0.2) is 0 Å². The molecule has 0 radical (unpaired) electrons. The summed E-state index contributed by atoms with van der Waals surface area (Å²) in [5.74, 6) is -0.639. The zero-order valence-corrected chi connectivity index (χ0v) is 10.5. The van der Waals surface area contributed by atoms with Gasteiger partial charge in [-0.3, -0.25) is 4.79 Å². The number of carbonyl (C=O) groups is 1. The molecule has 1 N–H and O–H groups in total. The maximum Gasteiger partial charge on any atom is 0.309 e. The summed E-state index contributed by atoms with van der Waals surface area (Å²) in [6, 6.07) is 0. The molecule has 0 bridgehead atoms. The summed E-state index contributed by atoms with van der Waals surface area (Å²) >= 11 is 0. The van der Waals surface area contributed by atoms with Crippen LogP contribution in [0.15, 0.2) is 0 Å². The minimum Gasteiger partial charge on any atom is -0.481 e. The smallest absolute Gasteiger partial charge is 0.309 e. The van der Waals surface area contributed by atoms with Crippen LogP contribution in [0, 0.1) is 5.41 Å². The third-order valence-corrected chi connectivity index (χ3v) is 3.61. The van der Waals surface area contributed by atoms with Crippen LogP contribution in [0.25, 0.3) is 0 Å². The Morgan fingerprint density at radius 1 is 1.13 bits per heavy atom. The highest BCUT2D eigenvalue weighted by atomic mass is 16.4. The summed E-state index contributed by atoms with van der Waals surface area (Å²) < 4.78 is 0. The molecule has 0 rings (SSSR count).